The topological polar surface area (TPSA) is 157 Å². The molecule has 2 aromatic carbocycles. The Bertz CT molecular complexity index is 1650. The van der Waals surface area contributed by atoms with Gasteiger partial charge in [-0.05, 0) is 30.7 Å². The summed E-state index contributed by atoms with van der Waals surface area (Å²) < 4.78 is 17.5. The maximum Gasteiger partial charge on any atom is 0.324 e. The minimum atomic E-state index is -0.619. The largest absolute Gasteiger partial charge is 0.493 e. The monoisotopic (exact) mass is 621 g/mol. The maximum absolute atomic E-state index is 12.6. The van der Waals surface area contributed by atoms with Gasteiger partial charge in [0.05, 0.1) is 47.3 Å². The first-order valence-electron chi connectivity index (χ1n) is 14.3. The molecule has 1 saturated heterocycles. The molecule has 0 aliphatic carbocycles. The summed E-state index contributed by atoms with van der Waals surface area (Å²) in [6.07, 6.45) is 2.40. The molecule has 2 aromatic heterocycles. The van der Waals surface area contributed by atoms with Gasteiger partial charge in [0.15, 0.2) is 0 Å². The molecule has 0 unspecified atom stereocenters. The number of H-pyrrole nitrogens is 1. The van der Waals surface area contributed by atoms with Crippen LogP contribution in [0.5, 0.6) is 17.2 Å². The zero-order chi connectivity index (χ0) is 31.3. The molecule has 5 N–H and O–H groups in total. The van der Waals surface area contributed by atoms with Crippen molar-refractivity contribution in [3.8, 4) is 17.2 Å². The molecule has 0 saturated carbocycles. The fourth-order valence-corrected chi connectivity index (χ4v) is 4.90. The third-order valence-corrected chi connectivity index (χ3v) is 7.37. The standard InChI is InChI=1S/C31H36ClN7O5/c1-31(2,3)27-18-28(38-37-27)36-30(41)35-23-6-5-19(15-22(23)32)44-25-7-8-34-24-17-26(21(29(33)40)16-20(24)25)43-12-4-9-39-10-13-42-14-11-39/h5-8,15-18H,4,9-14H2,1-3H3,(H2,33,40)(H3,35,36,37,38,41). The Hall–Kier alpha value is -4.39. The lowest BCUT2D eigenvalue weighted by Crippen LogP contribution is -2.37. The number of nitrogens with one attached hydrogen (secondary N) is 3. The van der Waals surface area contributed by atoms with Gasteiger partial charge in [-0.1, -0.05) is 32.4 Å². The van der Waals surface area contributed by atoms with Crippen molar-refractivity contribution in [3.05, 3.63) is 64.9 Å². The number of ether oxygens (including phenoxy) is 3. The van der Waals surface area contributed by atoms with E-state index >= 15 is 0 Å². The number of primary amides is 1. The van der Waals surface area contributed by atoms with E-state index in [0.29, 0.717) is 46.3 Å². The number of carbonyl (C=O) groups is 2. The molecular formula is C31H36ClN7O5. The average molecular weight is 622 g/mol. The Morgan fingerprint density at radius 2 is 1.89 bits per heavy atom. The molecule has 1 aliphatic heterocycles. The van der Waals surface area contributed by atoms with Gasteiger partial charge in [-0.25, -0.2) is 4.79 Å². The quantitative estimate of drug-likeness (QED) is 0.168. The van der Waals surface area contributed by atoms with Crippen LogP contribution in [-0.4, -0.2) is 71.5 Å². The summed E-state index contributed by atoms with van der Waals surface area (Å²) in [6, 6.07) is 11.2. The van der Waals surface area contributed by atoms with Gasteiger partial charge in [-0.3, -0.25) is 25.1 Å². The average Bonchev–Trinajstić information content (AvgIpc) is 3.46. The van der Waals surface area contributed by atoms with Gasteiger partial charge in [0, 0.05) is 54.8 Å². The third-order valence-electron chi connectivity index (χ3n) is 7.06. The highest BCUT2D eigenvalue weighted by molar-refractivity contribution is 6.34. The van der Waals surface area contributed by atoms with Crippen molar-refractivity contribution in [3.63, 3.8) is 0 Å². The second kappa shape index (κ2) is 13.5. The van der Waals surface area contributed by atoms with Gasteiger partial charge >= 0.3 is 6.03 Å². The predicted octanol–water partition coefficient (Wildman–Crippen LogP) is 5.55. The number of halogens is 1. The second-order valence-corrected chi connectivity index (χ2v) is 11.8. The van der Waals surface area contributed by atoms with Crippen molar-refractivity contribution >= 4 is 45.9 Å². The molecule has 0 bridgehead atoms. The Morgan fingerprint density at radius 3 is 2.59 bits per heavy atom. The van der Waals surface area contributed by atoms with E-state index in [9.17, 15) is 9.59 Å². The fraction of sp³-hybridized carbons (Fsp3) is 0.355. The summed E-state index contributed by atoms with van der Waals surface area (Å²) in [5.74, 6) is 1.08. The lowest BCUT2D eigenvalue weighted by molar-refractivity contribution is 0.0357. The number of urea groups is 1. The van der Waals surface area contributed by atoms with Crippen molar-refractivity contribution in [2.75, 3.05) is 50.1 Å². The van der Waals surface area contributed by atoms with Crippen molar-refractivity contribution < 1.29 is 23.8 Å². The zero-order valence-electron chi connectivity index (χ0n) is 24.9. The van der Waals surface area contributed by atoms with E-state index in [-0.39, 0.29) is 16.0 Å². The Balaban J connectivity index is 1.25. The van der Waals surface area contributed by atoms with E-state index in [4.69, 9.17) is 31.5 Å². The van der Waals surface area contributed by atoms with Crippen molar-refractivity contribution in [2.45, 2.75) is 32.6 Å². The number of pyridine rings is 1. The number of benzene rings is 2. The molecule has 4 aromatic rings. The number of hydrogen-bond acceptors (Lipinski definition) is 8. The highest BCUT2D eigenvalue weighted by Gasteiger charge is 2.19. The van der Waals surface area contributed by atoms with E-state index in [0.717, 1.165) is 45.0 Å². The number of hydrogen-bond donors (Lipinski definition) is 4. The third kappa shape index (κ3) is 7.76. The second-order valence-electron chi connectivity index (χ2n) is 11.4. The summed E-state index contributed by atoms with van der Waals surface area (Å²) in [7, 11) is 0. The van der Waals surface area contributed by atoms with E-state index < -0.39 is 11.9 Å². The molecule has 3 amide bonds. The van der Waals surface area contributed by atoms with Gasteiger partial charge in [0.2, 0.25) is 0 Å². The van der Waals surface area contributed by atoms with Gasteiger partial charge in [-0.2, -0.15) is 5.10 Å². The van der Waals surface area contributed by atoms with Crippen LogP contribution in [0.4, 0.5) is 16.3 Å². The predicted molar refractivity (Wildman–Crippen MR) is 169 cm³/mol. The molecule has 1 fully saturated rings. The highest BCUT2D eigenvalue weighted by Crippen LogP contribution is 2.35. The Labute approximate surface area is 260 Å². The first-order valence-corrected chi connectivity index (χ1v) is 14.7. The number of fused-ring (bicyclic) bond motifs is 1. The number of anilines is 2. The molecule has 12 nitrogen and oxygen atoms in total. The summed E-state index contributed by atoms with van der Waals surface area (Å²) in [5, 5.41) is 13.3. The van der Waals surface area contributed by atoms with Crippen LogP contribution in [0.25, 0.3) is 10.9 Å². The molecule has 5 rings (SSSR count). The van der Waals surface area contributed by atoms with Crippen LogP contribution in [0, 0.1) is 0 Å². The first-order chi connectivity index (χ1) is 21.1. The number of amides is 3. The van der Waals surface area contributed by atoms with E-state index in [1.165, 1.54) is 0 Å². The van der Waals surface area contributed by atoms with Crippen LogP contribution in [0.2, 0.25) is 5.02 Å². The van der Waals surface area contributed by atoms with Gasteiger partial charge < -0.3 is 25.3 Å². The highest BCUT2D eigenvalue weighted by atomic mass is 35.5. The number of morpholine rings is 1. The molecule has 1 aliphatic rings. The number of nitrogens with zero attached hydrogens (tertiary/aromatic N) is 3. The number of aromatic amines is 1. The zero-order valence-corrected chi connectivity index (χ0v) is 25.7. The molecule has 0 spiro atoms. The van der Waals surface area contributed by atoms with Gasteiger partial charge in [0.25, 0.3) is 5.91 Å². The Morgan fingerprint density at radius 1 is 1.09 bits per heavy atom. The van der Waals surface area contributed by atoms with Crippen LogP contribution >= 0.6 is 11.6 Å². The molecule has 0 atom stereocenters. The van der Waals surface area contributed by atoms with E-state index in [1.807, 2.05) is 20.8 Å². The number of aromatic nitrogens is 3. The molecule has 3 heterocycles. The normalized spacial score (nSPS) is 13.9. The van der Waals surface area contributed by atoms with Crippen LogP contribution in [0.3, 0.4) is 0 Å². The lowest BCUT2D eigenvalue weighted by atomic mass is 9.92. The minimum Gasteiger partial charge on any atom is -0.493 e. The summed E-state index contributed by atoms with van der Waals surface area (Å²) in [6.45, 7) is 10.7. The van der Waals surface area contributed by atoms with Crippen LogP contribution < -0.4 is 25.8 Å². The Kier molecular flexibility index (Phi) is 9.52. The van der Waals surface area contributed by atoms with Crippen LogP contribution in [-0.2, 0) is 10.2 Å². The minimum absolute atomic E-state index is 0.160. The lowest BCUT2D eigenvalue weighted by Gasteiger charge is -2.26. The molecular weight excluding hydrogens is 586 g/mol. The summed E-state index contributed by atoms with van der Waals surface area (Å²) in [4.78, 5) is 31.7. The summed E-state index contributed by atoms with van der Waals surface area (Å²) in [5.41, 5.74) is 7.57. The molecule has 0 radical (unpaired) electrons. The van der Waals surface area contributed by atoms with Crippen LogP contribution in [0.15, 0.2) is 48.7 Å². The molecule has 232 valence electrons. The van der Waals surface area contributed by atoms with Crippen molar-refractivity contribution in [2.24, 2.45) is 5.73 Å². The van der Waals surface area contributed by atoms with E-state index in [1.54, 1.807) is 48.7 Å². The number of rotatable bonds is 10. The molecule has 13 heteroatoms. The fourth-order valence-electron chi connectivity index (χ4n) is 4.68. The molecule has 44 heavy (non-hydrogen) atoms. The SMILES string of the molecule is CC(C)(C)c1cc(NC(=O)Nc2ccc(Oc3ccnc4cc(OCCCN5CCOCC5)c(C(N)=O)cc34)cc2Cl)[nH]n1. The van der Waals surface area contributed by atoms with Crippen molar-refractivity contribution in [1.29, 1.82) is 0 Å². The first kappa shape index (κ1) is 31.0. The number of nitrogens with two attached hydrogens (primary N) is 1. The van der Waals surface area contributed by atoms with Crippen LogP contribution in [0.1, 0.15) is 43.2 Å². The van der Waals surface area contributed by atoms with Gasteiger partial charge in [-0.15, -0.1) is 0 Å². The smallest absolute Gasteiger partial charge is 0.324 e. The summed E-state index contributed by atoms with van der Waals surface area (Å²) >= 11 is 6.48. The maximum atomic E-state index is 12.6. The number of carbonyl (C=O) groups excluding carboxylic acids is 2. The van der Waals surface area contributed by atoms with E-state index in [2.05, 4.69) is 30.7 Å². The van der Waals surface area contributed by atoms with Gasteiger partial charge in [0.1, 0.15) is 23.1 Å². The van der Waals surface area contributed by atoms with Crippen molar-refractivity contribution in [1.82, 2.24) is 20.1 Å².